The summed E-state index contributed by atoms with van der Waals surface area (Å²) in [7, 11) is 1.51. The van der Waals surface area contributed by atoms with Crippen LogP contribution in [0.25, 0.3) is 5.57 Å². The van der Waals surface area contributed by atoms with Crippen LogP contribution < -0.4 is 10.1 Å². The van der Waals surface area contributed by atoms with Gasteiger partial charge in [0.1, 0.15) is 17.3 Å². The zero-order chi connectivity index (χ0) is 24.5. The first-order chi connectivity index (χ1) is 16.2. The fraction of sp³-hybridized carbons (Fsp3) is 0.214. The van der Waals surface area contributed by atoms with Crippen molar-refractivity contribution in [1.29, 1.82) is 0 Å². The van der Waals surface area contributed by atoms with Crippen molar-refractivity contribution in [2.45, 2.75) is 32.7 Å². The number of carbonyl (C=O) groups is 2. The highest BCUT2D eigenvalue weighted by atomic mass is 19.1. The van der Waals surface area contributed by atoms with E-state index in [2.05, 4.69) is 26.1 Å². The van der Waals surface area contributed by atoms with Gasteiger partial charge in [-0.15, -0.1) is 0 Å². The van der Waals surface area contributed by atoms with Gasteiger partial charge < -0.3 is 10.1 Å². The predicted octanol–water partition coefficient (Wildman–Crippen LogP) is 5.52. The molecule has 0 unspecified atom stereocenters. The first-order valence-corrected chi connectivity index (χ1v) is 11.1. The summed E-state index contributed by atoms with van der Waals surface area (Å²) in [5, 5.41) is 3.15. The van der Waals surface area contributed by atoms with Crippen LogP contribution in [0.4, 0.5) is 10.1 Å². The highest BCUT2D eigenvalue weighted by molar-refractivity contribution is 6.36. The molecule has 0 fully saturated rings. The van der Waals surface area contributed by atoms with Gasteiger partial charge in [-0.05, 0) is 35.2 Å². The zero-order valence-electron chi connectivity index (χ0n) is 19.7. The molecular formula is C28H27FN2O3. The number of rotatable bonds is 6. The summed E-state index contributed by atoms with van der Waals surface area (Å²) >= 11 is 0. The van der Waals surface area contributed by atoms with Gasteiger partial charge in [0.15, 0.2) is 0 Å². The first kappa shape index (κ1) is 23.2. The minimum absolute atomic E-state index is 0.0178. The van der Waals surface area contributed by atoms with E-state index >= 15 is 0 Å². The fourth-order valence-electron chi connectivity index (χ4n) is 3.93. The Morgan fingerprint density at radius 3 is 2.18 bits per heavy atom. The topological polar surface area (TPSA) is 58.6 Å². The van der Waals surface area contributed by atoms with Crippen molar-refractivity contribution in [1.82, 2.24) is 4.90 Å². The number of imide groups is 1. The van der Waals surface area contributed by atoms with Crippen molar-refractivity contribution < 1.29 is 18.7 Å². The summed E-state index contributed by atoms with van der Waals surface area (Å²) in [4.78, 5) is 28.0. The minimum atomic E-state index is -0.519. The number of anilines is 1. The summed E-state index contributed by atoms with van der Waals surface area (Å²) in [6.07, 6.45) is 0. The Morgan fingerprint density at radius 2 is 1.53 bits per heavy atom. The lowest BCUT2D eigenvalue weighted by Gasteiger charge is -2.19. The number of nitrogens with zero attached hydrogens (tertiary/aromatic N) is 1. The molecular weight excluding hydrogens is 431 g/mol. The fourth-order valence-corrected chi connectivity index (χ4v) is 3.93. The normalized spacial score (nSPS) is 14.1. The lowest BCUT2D eigenvalue weighted by Crippen LogP contribution is -2.32. The van der Waals surface area contributed by atoms with Crippen molar-refractivity contribution in [3.05, 3.63) is 101 Å². The van der Waals surface area contributed by atoms with Gasteiger partial charge in [-0.3, -0.25) is 14.5 Å². The number of benzene rings is 3. The van der Waals surface area contributed by atoms with E-state index in [0.717, 1.165) is 10.5 Å². The molecule has 1 heterocycles. The van der Waals surface area contributed by atoms with E-state index in [1.54, 1.807) is 42.5 Å². The molecule has 0 saturated heterocycles. The smallest absolute Gasteiger partial charge is 0.278 e. The molecule has 0 saturated carbocycles. The maximum atomic E-state index is 14.3. The lowest BCUT2D eigenvalue weighted by molar-refractivity contribution is -0.137. The third-order valence-corrected chi connectivity index (χ3v) is 5.85. The van der Waals surface area contributed by atoms with Crippen LogP contribution in [0.5, 0.6) is 5.75 Å². The molecule has 174 valence electrons. The highest BCUT2D eigenvalue weighted by Crippen LogP contribution is 2.36. The molecule has 4 rings (SSSR count). The van der Waals surface area contributed by atoms with E-state index in [4.69, 9.17) is 4.74 Å². The number of methoxy groups -OCH3 is 1. The maximum absolute atomic E-state index is 14.3. The average Bonchev–Trinajstić information content (AvgIpc) is 3.04. The minimum Gasteiger partial charge on any atom is -0.496 e. The van der Waals surface area contributed by atoms with Gasteiger partial charge in [0.05, 0.1) is 19.2 Å². The van der Waals surface area contributed by atoms with E-state index in [0.29, 0.717) is 17.0 Å². The molecule has 3 aromatic rings. The Balaban J connectivity index is 1.76. The van der Waals surface area contributed by atoms with E-state index < -0.39 is 17.6 Å². The number of amides is 2. The summed E-state index contributed by atoms with van der Waals surface area (Å²) in [6, 6.07) is 20.9. The van der Waals surface area contributed by atoms with Crippen molar-refractivity contribution in [3.8, 4) is 5.75 Å². The molecule has 0 spiro atoms. The second kappa shape index (κ2) is 9.14. The third-order valence-electron chi connectivity index (χ3n) is 5.85. The van der Waals surface area contributed by atoms with E-state index in [1.165, 1.54) is 13.2 Å². The van der Waals surface area contributed by atoms with Crippen LogP contribution in [0.15, 0.2) is 78.5 Å². The third kappa shape index (κ3) is 4.44. The van der Waals surface area contributed by atoms with Crippen molar-refractivity contribution >= 4 is 23.1 Å². The van der Waals surface area contributed by atoms with Gasteiger partial charge in [0, 0.05) is 16.8 Å². The molecule has 0 radical (unpaired) electrons. The molecule has 0 aromatic heterocycles. The van der Waals surface area contributed by atoms with Crippen LogP contribution in [0.1, 0.15) is 37.5 Å². The van der Waals surface area contributed by atoms with E-state index in [1.807, 2.05) is 24.3 Å². The SMILES string of the molecule is COc1ccccc1C1=C(Nc2ccc(C(C)(C)C)cc2)C(=O)N(Cc2ccccc2F)C1=O. The first-order valence-electron chi connectivity index (χ1n) is 11.1. The molecule has 1 aliphatic rings. The van der Waals surface area contributed by atoms with E-state index in [-0.39, 0.29) is 28.8 Å². The largest absolute Gasteiger partial charge is 0.496 e. The number of halogens is 1. The quantitative estimate of drug-likeness (QED) is 0.494. The van der Waals surface area contributed by atoms with Gasteiger partial charge in [-0.25, -0.2) is 4.39 Å². The van der Waals surface area contributed by atoms with Crippen molar-refractivity contribution in [2.24, 2.45) is 0 Å². The molecule has 1 aliphatic heterocycles. The maximum Gasteiger partial charge on any atom is 0.278 e. The summed E-state index contributed by atoms with van der Waals surface area (Å²) in [5.41, 5.74) is 2.88. The standard InChI is InChI=1S/C28H27FN2O3/c1-28(2,3)19-13-15-20(16-14-19)30-25-24(21-10-6-8-12-23(21)34-4)26(32)31(27(25)33)17-18-9-5-7-11-22(18)29/h5-16,30H,17H2,1-4H3. The number of carbonyl (C=O) groups excluding carboxylic acids is 2. The predicted molar refractivity (Wildman–Crippen MR) is 131 cm³/mol. The van der Waals surface area contributed by atoms with Crippen molar-refractivity contribution in [3.63, 3.8) is 0 Å². The molecule has 2 amide bonds. The summed E-state index contributed by atoms with van der Waals surface area (Å²) in [6.45, 7) is 6.20. The summed E-state index contributed by atoms with van der Waals surface area (Å²) < 4.78 is 19.8. The molecule has 5 nitrogen and oxygen atoms in total. The molecule has 6 heteroatoms. The van der Waals surface area contributed by atoms with Crippen molar-refractivity contribution in [2.75, 3.05) is 12.4 Å². The van der Waals surface area contributed by atoms with Gasteiger partial charge in [0.25, 0.3) is 11.8 Å². The Morgan fingerprint density at radius 1 is 0.882 bits per heavy atom. The molecule has 34 heavy (non-hydrogen) atoms. The highest BCUT2D eigenvalue weighted by Gasteiger charge is 2.40. The number of hydrogen-bond donors (Lipinski definition) is 1. The lowest BCUT2D eigenvalue weighted by atomic mass is 9.87. The molecule has 1 N–H and O–H groups in total. The Bertz CT molecular complexity index is 1270. The Hall–Kier alpha value is -3.93. The van der Waals surface area contributed by atoms with Crippen LogP contribution in [0.3, 0.4) is 0 Å². The van der Waals surface area contributed by atoms with Crippen LogP contribution in [-0.2, 0) is 21.5 Å². The number of para-hydroxylation sites is 1. The van der Waals surface area contributed by atoms with Crippen LogP contribution in [0, 0.1) is 5.82 Å². The van der Waals surface area contributed by atoms with Crippen LogP contribution in [-0.4, -0.2) is 23.8 Å². The van der Waals surface area contributed by atoms with Gasteiger partial charge in [0.2, 0.25) is 0 Å². The molecule has 0 atom stereocenters. The average molecular weight is 459 g/mol. The van der Waals surface area contributed by atoms with Crippen LogP contribution in [0.2, 0.25) is 0 Å². The van der Waals surface area contributed by atoms with Gasteiger partial charge >= 0.3 is 0 Å². The van der Waals surface area contributed by atoms with E-state index in [9.17, 15) is 14.0 Å². The molecule has 0 bridgehead atoms. The summed E-state index contributed by atoms with van der Waals surface area (Å²) in [5.74, 6) is -1.03. The Labute approximate surface area is 198 Å². The van der Waals surface area contributed by atoms with Crippen LogP contribution >= 0.6 is 0 Å². The van der Waals surface area contributed by atoms with Gasteiger partial charge in [-0.2, -0.15) is 0 Å². The zero-order valence-corrected chi connectivity index (χ0v) is 19.7. The molecule has 3 aromatic carbocycles. The van der Waals surface area contributed by atoms with Gasteiger partial charge in [-0.1, -0.05) is 69.3 Å². The second-order valence-electron chi connectivity index (χ2n) is 9.19. The Kier molecular flexibility index (Phi) is 6.24. The monoisotopic (exact) mass is 458 g/mol. The second-order valence-corrected chi connectivity index (χ2v) is 9.19. The number of ether oxygens (including phenoxy) is 1. The molecule has 0 aliphatic carbocycles. The number of nitrogens with one attached hydrogen (secondary N) is 1. The number of hydrogen-bond acceptors (Lipinski definition) is 4.